The van der Waals surface area contributed by atoms with Crippen molar-refractivity contribution < 1.29 is 0 Å². The number of hydrogen-bond acceptors (Lipinski definition) is 3. The van der Waals surface area contributed by atoms with E-state index in [9.17, 15) is 0 Å². The summed E-state index contributed by atoms with van der Waals surface area (Å²) in [6.07, 6.45) is 4.53. The van der Waals surface area contributed by atoms with E-state index in [1.54, 1.807) is 0 Å². The molecule has 102 valence electrons. The molecule has 1 aliphatic heterocycles. The molecule has 0 radical (unpaired) electrons. The molecule has 3 nitrogen and oxygen atoms in total. The Morgan fingerprint density at radius 3 is 2.89 bits per heavy atom. The fourth-order valence-corrected chi connectivity index (χ4v) is 2.49. The van der Waals surface area contributed by atoms with Crippen molar-refractivity contribution in [3.05, 3.63) is 42.1 Å². The van der Waals surface area contributed by atoms with E-state index in [2.05, 4.69) is 35.9 Å². The van der Waals surface area contributed by atoms with Gasteiger partial charge >= 0.3 is 0 Å². The van der Waals surface area contributed by atoms with Gasteiger partial charge in [0.2, 0.25) is 0 Å². The van der Waals surface area contributed by atoms with E-state index in [1.807, 2.05) is 26.0 Å². The minimum atomic E-state index is 0.588. The quantitative estimate of drug-likeness (QED) is 0.827. The van der Waals surface area contributed by atoms with Crippen molar-refractivity contribution in [2.24, 2.45) is 0 Å². The summed E-state index contributed by atoms with van der Waals surface area (Å²) in [7, 11) is 0. The lowest BCUT2D eigenvalue weighted by atomic mass is 10.2. The van der Waals surface area contributed by atoms with E-state index in [0.717, 1.165) is 29.5 Å². The molecule has 1 atom stereocenters. The smallest absolute Gasteiger partial charge is 0.132 e. The van der Waals surface area contributed by atoms with E-state index in [1.165, 1.54) is 12.8 Å². The third kappa shape index (κ3) is 3.16. The predicted molar refractivity (Wildman–Crippen MR) is 82.5 cm³/mol. The van der Waals surface area contributed by atoms with Gasteiger partial charge in [0.1, 0.15) is 11.6 Å². The number of anilines is 2. The Morgan fingerprint density at radius 1 is 1.53 bits per heavy atom. The van der Waals surface area contributed by atoms with Crippen molar-refractivity contribution in [1.82, 2.24) is 4.98 Å². The van der Waals surface area contributed by atoms with Gasteiger partial charge in [-0.05, 0) is 51.3 Å². The Labute approximate surface area is 116 Å². The molecule has 0 saturated carbocycles. The van der Waals surface area contributed by atoms with E-state index >= 15 is 0 Å². The van der Waals surface area contributed by atoms with Crippen molar-refractivity contribution in [3.8, 4) is 0 Å². The van der Waals surface area contributed by atoms with Crippen LogP contribution in [0.25, 0.3) is 0 Å². The first-order chi connectivity index (χ1) is 9.11. The average molecular weight is 257 g/mol. The van der Waals surface area contributed by atoms with Crippen molar-refractivity contribution in [1.29, 1.82) is 0 Å². The molecule has 1 saturated heterocycles. The van der Waals surface area contributed by atoms with Gasteiger partial charge in [-0.15, -0.1) is 0 Å². The molecule has 1 aliphatic rings. The van der Waals surface area contributed by atoms with Gasteiger partial charge in [-0.3, -0.25) is 0 Å². The van der Waals surface area contributed by atoms with Gasteiger partial charge in [-0.1, -0.05) is 18.7 Å². The number of allylic oxidation sites excluding steroid dienone is 2. The maximum atomic E-state index is 4.71. The first-order valence-electron chi connectivity index (χ1n) is 6.94. The van der Waals surface area contributed by atoms with Crippen LogP contribution in [0.15, 0.2) is 42.1 Å². The van der Waals surface area contributed by atoms with Gasteiger partial charge in [-0.2, -0.15) is 0 Å². The maximum Gasteiger partial charge on any atom is 0.132 e. The molecule has 2 heterocycles. The van der Waals surface area contributed by atoms with Crippen LogP contribution in [0.3, 0.4) is 0 Å². The topological polar surface area (TPSA) is 28.2 Å². The highest BCUT2D eigenvalue weighted by molar-refractivity contribution is 5.53. The van der Waals surface area contributed by atoms with Crippen LogP contribution in [0.5, 0.6) is 0 Å². The fourth-order valence-electron chi connectivity index (χ4n) is 2.49. The summed E-state index contributed by atoms with van der Waals surface area (Å²) >= 11 is 0. The van der Waals surface area contributed by atoms with Gasteiger partial charge in [0.15, 0.2) is 0 Å². The SMILES string of the molecule is C=C(C)/C(=C\C)Nc1cccc(N2CCCC2C)n1. The third-order valence-electron chi connectivity index (χ3n) is 3.59. The zero-order valence-corrected chi connectivity index (χ0v) is 12.1. The molecule has 19 heavy (non-hydrogen) atoms. The molecule has 1 fully saturated rings. The molecule has 1 N–H and O–H groups in total. The summed E-state index contributed by atoms with van der Waals surface area (Å²) in [6, 6.07) is 6.73. The second-order valence-corrected chi connectivity index (χ2v) is 5.17. The normalized spacial score (nSPS) is 19.6. The zero-order chi connectivity index (χ0) is 13.8. The molecule has 0 bridgehead atoms. The molecule has 1 unspecified atom stereocenters. The fraction of sp³-hybridized carbons (Fsp3) is 0.438. The minimum Gasteiger partial charge on any atom is -0.354 e. The summed E-state index contributed by atoms with van der Waals surface area (Å²) in [5.41, 5.74) is 2.04. The lowest BCUT2D eigenvalue weighted by molar-refractivity contribution is 0.727. The Balaban J connectivity index is 2.17. The van der Waals surface area contributed by atoms with Crippen LogP contribution in [0.1, 0.15) is 33.6 Å². The minimum absolute atomic E-state index is 0.588. The summed E-state index contributed by atoms with van der Waals surface area (Å²) in [5.74, 6) is 1.94. The highest BCUT2D eigenvalue weighted by Gasteiger charge is 2.21. The first-order valence-corrected chi connectivity index (χ1v) is 6.94. The Hall–Kier alpha value is -1.77. The molecule has 2 rings (SSSR count). The van der Waals surface area contributed by atoms with Gasteiger partial charge in [-0.25, -0.2) is 4.98 Å². The van der Waals surface area contributed by atoms with Crippen LogP contribution < -0.4 is 10.2 Å². The van der Waals surface area contributed by atoms with E-state index in [-0.39, 0.29) is 0 Å². The summed E-state index contributed by atoms with van der Waals surface area (Å²) in [4.78, 5) is 7.08. The Kier molecular flexibility index (Phi) is 4.25. The monoisotopic (exact) mass is 257 g/mol. The van der Waals surface area contributed by atoms with Crippen LogP contribution in [0.2, 0.25) is 0 Å². The number of pyridine rings is 1. The number of nitrogens with one attached hydrogen (secondary N) is 1. The van der Waals surface area contributed by atoms with E-state index < -0.39 is 0 Å². The van der Waals surface area contributed by atoms with Crippen molar-refractivity contribution in [2.45, 2.75) is 39.7 Å². The van der Waals surface area contributed by atoms with Crippen LogP contribution in [-0.4, -0.2) is 17.6 Å². The van der Waals surface area contributed by atoms with Crippen molar-refractivity contribution in [3.63, 3.8) is 0 Å². The van der Waals surface area contributed by atoms with Gasteiger partial charge in [0.05, 0.1) is 0 Å². The predicted octanol–water partition coefficient (Wildman–Crippen LogP) is 3.96. The third-order valence-corrected chi connectivity index (χ3v) is 3.59. The summed E-state index contributed by atoms with van der Waals surface area (Å²) < 4.78 is 0. The standard InChI is InChI=1S/C16H23N3/c1-5-14(12(2)3)17-15-9-6-10-16(18-15)19-11-7-8-13(19)4/h5-6,9-10,13H,2,7-8,11H2,1,3-4H3,(H,17,18)/b14-5+. The van der Waals surface area contributed by atoms with Crippen LogP contribution in [0.4, 0.5) is 11.6 Å². The van der Waals surface area contributed by atoms with Gasteiger partial charge in [0.25, 0.3) is 0 Å². The van der Waals surface area contributed by atoms with Crippen LogP contribution >= 0.6 is 0 Å². The molecule has 0 aliphatic carbocycles. The molecule has 0 spiro atoms. The summed E-state index contributed by atoms with van der Waals surface area (Å²) in [5, 5.41) is 3.33. The molecule has 1 aromatic rings. The lowest BCUT2D eigenvalue weighted by Gasteiger charge is -2.23. The number of hydrogen-bond donors (Lipinski definition) is 1. The molecular formula is C16H23N3. The largest absolute Gasteiger partial charge is 0.354 e. The molecule has 0 aromatic carbocycles. The molecule has 0 amide bonds. The Bertz CT molecular complexity index is 491. The molecular weight excluding hydrogens is 234 g/mol. The van der Waals surface area contributed by atoms with Crippen molar-refractivity contribution >= 4 is 11.6 Å². The lowest BCUT2D eigenvalue weighted by Crippen LogP contribution is -2.27. The zero-order valence-electron chi connectivity index (χ0n) is 12.1. The highest BCUT2D eigenvalue weighted by Crippen LogP contribution is 2.25. The number of rotatable bonds is 4. The average Bonchev–Trinajstić information content (AvgIpc) is 2.82. The molecule has 1 aromatic heterocycles. The maximum absolute atomic E-state index is 4.71. The van der Waals surface area contributed by atoms with Crippen LogP contribution in [-0.2, 0) is 0 Å². The van der Waals surface area contributed by atoms with E-state index in [0.29, 0.717) is 6.04 Å². The first kappa shape index (κ1) is 13.7. The van der Waals surface area contributed by atoms with Gasteiger partial charge in [0, 0.05) is 18.3 Å². The number of nitrogens with zero attached hydrogens (tertiary/aromatic N) is 2. The number of aromatic nitrogens is 1. The van der Waals surface area contributed by atoms with Crippen LogP contribution in [0, 0.1) is 0 Å². The summed E-state index contributed by atoms with van der Waals surface area (Å²) in [6.45, 7) is 11.3. The molecule has 3 heteroatoms. The van der Waals surface area contributed by atoms with E-state index in [4.69, 9.17) is 4.98 Å². The van der Waals surface area contributed by atoms with Crippen molar-refractivity contribution in [2.75, 3.05) is 16.8 Å². The highest BCUT2D eigenvalue weighted by atomic mass is 15.2. The van der Waals surface area contributed by atoms with Gasteiger partial charge < -0.3 is 10.2 Å². The second kappa shape index (κ2) is 5.91. The Morgan fingerprint density at radius 2 is 2.32 bits per heavy atom. The second-order valence-electron chi connectivity index (χ2n) is 5.17.